The number of aliphatic hydroxyl groups is 1. The summed E-state index contributed by atoms with van der Waals surface area (Å²) < 4.78 is 0.840. The molecule has 1 heterocycles. The summed E-state index contributed by atoms with van der Waals surface area (Å²) in [6, 6.07) is 1.87. The zero-order chi connectivity index (χ0) is 13.5. The lowest BCUT2D eigenvalue weighted by Crippen LogP contribution is -2.30. The standard InChI is InChI=1S/C13H20BrNO2S/c1-9(2)7-10(3-5-16)8-15-13(17)12-11(14)4-6-18-12/h4,6,9-10,16H,3,5,7-8H2,1-2H3,(H,15,17). The molecule has 0 aromatic carbocycles. The van der Waals surface area contributed by atoms with Crippen LogP contribution in [0.15, 0.2) is 15.9 Å². The molecule has 1 atom stereocenters. The first-order valence-electron chi connectivity index (χ1n) is 6.16. The smallest absolute Gasteiger partial charge is 0.262 e. The average Bonchev–Trinajstić information content (AvgIpc) is 2.71. The molecule has 0 radical (unpaired) electrons. The van der Waals surface area contributed by atoms with Crippen LogP contribution in [0.3, 0.4) is 0 Å². The Labute approximate surface area is 121 Å². The van der Waals surface area contributed by atoms with Gasteiger partial charge in [-0.2, -0.15) is 0 Å². The number of carbonyl (C=O) groups is 1. The number of amides is 1. The fraction of sp³-hybridized carbons (Fsp3) is 0.615. The van der Waals surface area contributed by atoms with E-state index in [1.807, 2.05) is 11.4 Å². The van der Waals surface area contributed by atoms with Gasteiger partial charge in [-0.25, -0.2) is 0 Å². The topological polar surface area (TPSA) is 49.3 Å². The summed E-state index contributed by atoms with van der Waals surface area (Å²) in [6.07, 6.45) is 1.76. The lowest BCUT2D eigenvalue weighted by molar-refractivity contribution is 0.0944. The van der Waals surface area contributed by atoms with E-state index in [1.165, 1.54) is 11.3 Å². The minimum atomic E-state index is -0.0384. The van der Waals surface area contributed by atoms with Crippen LogP contribution in [0, 0.1) is 11.8 Å². The molecule has 0 aliphatic carbocycles. The summed E-state index contributed by atoms with van der Waals surface area (Å²) in [4.78, 5) is 12.6. The Balaban J connectivity index is 2.46. The van der Waals surface area contributed by atoms with Crippen molar-refractivity contribution >= 4 is 33.2 Å². The van der Waals surface area contributed by atoms with Crippen LogP contribution in [-0.4, -0.2) is 24.2 Å². The molecule has 1 aromatic heterocycles. The fourth-order valence-corrected chi connectivity index (χ4v) is 3.39. The number of halogens is 1. The van der Waals surface area contributed by atoms with Gasteiger partial charge < -0.3 is 10.4 Å². The van der Waals surface area contributed by atoms with E-state index in [0.717, 1.165) is 17.3 Å². The number of hydrogen-bond donors (Lipinski definition) is 2. The molecule has 0 saturated carbocycles. The summed E-state index contributed by atoms with van der Waals surface area (Å²) in [5.74, 6) is 0.883. The fourth-order valence-electron chi connectivity index (χ4n) is 1.93. The quantitative estimate of drug-likeness (QED) is 0.804. The van der Waals surface area contributed by atoms with Gasteiger partial charge in [0.05, 0.1) is 0 Å². The van der Waals surface area contributed by atoms with Gasteiger partial charge in [0, 0.05) is 17.6 Å². The second-order valence-corrected chi connectivity index (χ2v) is 6.59. The molecule has 18 heavy (non-hydrogen) atoms. The van der Waals surface area contributed by atoms with E-state index in [-0.39, 0.29) is 12.5 Å². The molecule has 0 aliphatic rings. The van der Waals surface area contributed by atoms with E-state index in [4.69, 9.17) is 5.11 Å². The molecule has 1 aromatic rings. The Morgan fingerprint density at radius 1 is 1.56 bits per heavy atom. The number of aliphatic hydroxyl groups excluding tert-OH is 1. The second-order valence-electron chi connectivity index (χ2n) is 4.82. The zero-order valence-corrected chi connectivity index (χ0v) is 13.2. The highest BCUT2D eigenvalue weighted by atomic mass is 79.9. The largest absolute Gasteiger partial charge is 0.396 e. The molecule has 1 unspecified atom stereocenters. The molecular weight excluding hydrogens is 314 g/mol. The van der Waals surface area contributed by atoms with Gasteiger partial charge in [0.25, 0.3) is 5.91 Å². The Hall–Kier alpha value is -0.390. The van der Waals surface area contributed by atoms with E-state index in [9.17, 15) is 4.79 Å². The van der Waals surface area contributed by atoms with Crippen LogP contribution in [0.1, 0.15) is 36.4 Å². The summed E-state index contributed by atoms with van der Waals surface area (Å²) in [5, 5.41) is 13.9. The van der Waals surface area contributed by atoms with Crippen LogP contribution < -0.4 is 5.32 Å². The van der Waals surface area contributed by atoms with Crippen molar-refractivity contribution in [3.8, 4) is 0 Å². The van der Waals surface area contributed by atoms with Crippen molar-refractivity contribution in [2.45, 2.75) is 26.7 Å². The van der Waals surface area contributed by atoms with Crippen LogP contribution in [0.25, 0.3) is 0 Å². The van der Waals surface area contributed by atoms with Crippen LogP contribution in [-0.2, 0) is 0 Å². The average molecular weight is 334 g/mol. The number of nitrogens with one attached hydrogen (secondary N) is 1. The minimum absolute atomic E-state index is 0.0384. The Morgan fingerprint density at radius 2 is 2.28 bits per heavy atom. The maximum atomic E-state index is 11.9. The third kappa shape index (κ3) is 5.08. The Kier molecular flexibility index (Phi) is 6.89. The van der Waals surface area contributed by atoms with Gasteiger partial charge in [-0.3, -0.25) is 4.79 Å². The van der Waals surface area contributed by atoms with E-state index in [1.54, 1.807) is 0 Å². The third-order valence-electron chi connectivity index (χ3n) is 2.72. The third-order valence-corrected chi connectivity index (χ3v) is 4.55. The van der Waals surface area contributed by atoms with Gasteiger partial charge >= 0.3 is 0 Å². The second kappa shape index (κ2) is 7.92. The Morgan fingerprint density at radius 3 is 2.78 bits per heavy atom. The first-order chi connectivity index (χ1) is 8.54. The van der Waals surface area contributed by atoms with E-state index in [2.05, 4.69) is 35.1 Å². The van der Waals surface area contributed by atoms with Gasteiger partial charge in [-0.1, -0.05) is 13.8 Å². The number of carbonyl (C=O) groups excluding carboxylic acids is 1. The van der Waals surface area contributed by atoms with Crippen LogP contribution in [0.5, 0.6) is 0 Å². The van der Waals surface area contributed by atoms with Crippen LogP contribution >= 0.6 is 27.3 Å². The van der Waals surface area contributed by atoms with E-state index >= 15 is 0 Å². The Bertz CT molecular complexity index is 379. The first kappa shape index (κ1) is 15.7. The summed E-state index contributed by atoms with van der Waals surface area (Å²) in [6.45, 7) is 5.11. The highest BCUT2D eigenvalue weighted by Crippen LogP contribution is 2.22. The zero-order valence-electron chi connectivity index (χ0n) is 10.8. The van der Waals surface area contributed by atoms with Gasteiger partial charge in [0.15, 0.2) is 0 Å². The molecule has 0 saturated heterocycles. The van der Waals surface area contributed by atoms with Gasteiger partial charge in [0.2, 0.25) is 0 Å². The monoisotopic (exact) mass is 333 g/mol. The lowest BCUT2D eigenvalue weighted by Gasteiger charge is -2.18. The molecular formula is C13H20BrNO2S. The van der Waals surface area contributed by atoms with Gasteiger partial charge in [0.1, 0.15) is 4.88 Å². The van der Waals surface area contributed by atoms with Crippen LogP contribution in [0.4, 0.5) is 0 Å². The van der Waals surface area contributed by atoms with Gasteiger partial charge in [-0.05, 0) is 52.1 Å². The summed E-state index contributed by atoms with van der Waals surface area (Å²) in [7, 11) is 0. The first-order valence-corrected chi connectivity index (χ1v) is 7.84. The highest BCUT2D eigenvalue weighted by molar-refractivity contribution is 9.10. The van der Waals surface area contributed by atoms with E-state index in [0.29, 0.717) is 23.3 Å². The molecule has 5 heteroatoms. The molecule has 0 aliphatic heterocycles. The lowest BCUT2D eigenvalue weighted by atomic mass is 9.94. The number of hydrogen-bond acceptors (Lipinski definition) is 3. The van der Waals surface area contributed by atoms with E-state index < -0.39 is 0 Å². The predicted molar refractivity (Wildman–Crippen MR) is 79.0 cm³/mol. The van der Waals surface area contributed by atoms with Gasteiger partial charge in [-0.15, -0.1) is 11.3 Å². The van der Waals surface area contributed by atoms with Crippen molar-refractivity contribution in [2.24, 2.45) is 11.8 Å². The van der Waals surface area contributed by atoms with Crippen molar-refractivity contribution in [1.82, 2.24) is 5.32 Å². The maximum absolute atomic E-state index is 11.9. The molecule has 0 spiro atoms. The molecule has 0 fully saturated rings. The molecule has 0 bridgehead atoms. The number of rotatable bonds is 7. The SMILES string of the molecule is CC(C)CC(CCO)CNC(=O)c1sccc1Br. The summed E-state index contributed by atoms with van der Waals surface area (Å²) in [5.41, 5.74) is 0. The molecule has 2 N–H and O–H groups in total. The van der Waals surface area contributed by atoms with Crippen molar-refractivity contribution in [2.75, 3.05) is 13.2 Å². The maximum Gasteiger partial charge on any atom is 0.262 e. The molecule has 102 valence electrons. The minimum Gasteiger partial charge on any atom is -0.396 e. The molecule has 1 rings (SSSR count). The normalized spacial score (nSPS) is 12.7. The predicted octanol–water partition coefficient (Wildman–Crippen LogP) is 3.29. The highest BCUT2D eigenvalue weighted by Gasteiger charge is 2.15. The number of thiophene rings is 1. The van der Waals surface area contributed by atoms with Crippen molar-refractivity contribution < 1.29 is 9.90 Å². The van der Waals surface area contributed by atoms with Crippen LogP contribution in [0.2, 0.25) is 0 Å². The van der Waals surface area contributed by atoms with Crippen molar-refractivity contribution in [3.63, 3.8) is 0 Å². The van der Waals surface area contributed by atoms with Crippen molar-refractivity contribution in [1.29, 1.82) is 0 Å². The molecule has 1 amide bonds. The molecule has 3 nitrogen and oxygen atoms in total. The van der Waals surface area contributed by atoms with Crippen molar-refractivity contribution in [3.05, 3.63) is 20.8 Å². The summed E-state index contributed by atoms with van der Waals surface area (Å²) >= 11 is 4.78.